The number of benzene rings is 1. The van der Waals surface area contributed by atoms with Crippen molar-refractivity contribution in [1.29, 1.82) is 0 Å². The van der Waals surface area contributed by atoms with E-state index in [1.165, 1.54) is 5.56 Å². The van der Waals surface area contributed by atoms with Crippen molar-refractivity contribution in [2.45, 2.75) is 25.8 Å². The van der Waals surface area contributed by atoms with Crippen LogP contribution < -0.4 is 11.1 Å². The lowest BCUT2D eigenvalue weighted by Gasteiger charge is -2.14. The lowest BCUT2D eigenvalue weighted by Crippen LogP contribution is -2.31. The number of aliphatic carboxylic acids is 1. The summed E-state index contributed by atoms with van der Waals surface area (Å²) in [5, 5.41) is 11.8. The zero-order chi connectivity index (χ0) is 12.0. The van der Waals surface area contributed by atoms with Crippen molar-refractivity contribution in [2.24, 2.45) is 5.73 Å². The van der Waals surface area contributed by atoms with E-state index in [1.54, 1.807) is 0 Å². The fraction of sp³-hybridized carbons (Fsp3) is 0.417. The highest BCUT2D eigenvalue weighted by Gasteiger charge is 2.08. The maximum atomic E-state index is 10.4. The predicted molar refractivity (Wildman–Crippen MR) is 64.5 cm³/mol. The van der Waals surface area contributed by atoms with Crippen LogP contribution in [0.5, 0.6) is 0 Å². The monoisotopic (exact) mass is 222 g/mol. The first-order valence-electron chi connectivity index (χ1n) is 5.42. The number of para-hydroxylation sites is 1. The number of aryl methyl sites for hydroxylation is 1. The Morgan fingerprint density at radius 3 is 2.81 bits per heavy atom. The highest BCUT2D eigenvalue weighted by atomic mass is 16.4. The summed E-state index contributed by atoms with van der Waals surface area (Å²) in [5.41, 5.74) is 7.92. The Hall–Kier alpha value is -1.55. The average molecular weight is 222 g/mol. The maximum Gasteiger partial charge on any atom is 0.304 e. The molecule has 0 aliphatic rings. The van der Waals surface area contributed by atoms with Gasteiger partial charge in [0.1, 0.15) is 0 Å². The van der Waals surface area contributed by atoms with Gasteiger partial charge >= 0.3 is 5.97 Å². The standard InChI is InChI=1S/C12H18N2O2/c1-2-9-5-3-4-6-11(9)14-8-10(13)7-12(15)16/h3-6,10,14H,2,7-8,13H2,1H3,(H,15,16). The minimum absolute atomic E-state index is 0.0126. The molecule has 16 heavy (non-hydrogen) atoms. The SMILES string of the molecule is CCc1ccccc1NCC(N)CC(=O)O. The molecule has 0 saturated carbocycles. The Morgan fingerprint density at radius 1 is 1.50 bits per heavy atom. The van der Waals surface area contributed by atoms with Gasteiger partial charge < -0.3 is 16.2 Å². The van der Waals surface area contributed by atoms with Crippen LogP contribution in [0.2, 0.25) is 0 Å². The molecule has 1 atom stereocenters. The van der Waals surface area contributed by atoms with E-state index in [2.05, 4.69) is 12.2 Å². The van der Waals surface area contributed by atoms with Crippen LogP contribution in [0.1, 0.15) is 18.9 Å². The van der Waals surface area contributed by atoms with Crippen molar-refractivity contribution < 1.29 is 9.90 Å². The first-order chi connectivity index (χ1) is 7.63. The molecule has 0 bridgehead atoms. The van der Waals surface area contributed by atoms with E-state index in [4.69, 9.17) is 10.8 Å². The van der Waals surface area contributed by atoms with Gasteiger partial charge in [-0.05, 0) is 18.1 Å². The summed E-state index contributed by atoms with van der Waals surface area (Å²) < 4.78 is 0. The van der Waals surface area contributed by atoms with Gasteiger partial charge in [-0.1, -0.05) is 25.1 Å². The van der Waals surface area contributed by atoms with Crippen LogP contribution in [0.15, 0.2) is 24.3 Å². The number of rotatable bonds is 6. The van der Waals surface area contributed by atoms with Gasteiger partial charge in [0.05, 0.1) is 6.42 Å². The third-order valence-electron chi connectivity index (χ3n) is 2.39. The number of carboxylic acids is 1. The maximum absolute atomic E-state index is 10.4. The summed E-state index contributed by atoms with van der Waals surface area (Å²) in [5.74, 6) is -0.863. The van der Waals surface area contributed by atoms with E-state index in [0.29, 0.717) is 6.54 Å². The number of carboxylic acid groups (broad SMARTS) is 1. The zero-order valence-electron chi connectivity index (χ0n) is 9.44. The van der Waals surface area contributed by atoms with Crippen molar-refractivity contribution in [1.82, 2.24) is 0 Å². The van der Waals surface area contributed by atoms with E-state index < -0.39 is 5.97 Å². The average Bonchev–Trinajstić information content (AvgIpc) is 2.26. The summed E-state index contributed by atoms with van der Waals surface area (Å²) in [6.07, 6.45) is 0.929. The zero-order valence-corrected chi connectivity index (χ0v) is 9.44. The Bertz CT molecular complexity index is 353. The molecule has 0 aliphatic carbocycles. The second-order valence-electron chi connectivity index (χ2n) is 3.75. The minimum atomic E-state index is -0.863. The first kappa shape index (κ1) is 12.5. The Labute approximate surface area is 95.5 Å². The number of carbonyl (C=O) groups is 1. The largest absolute Gasteiger partial charge is 0.481 e. The Morgan fingerprint density at radius 2 is 2.19 bits per heavy atom. The van der Waals surface area contributed by atoms with Gasteiger partial charge in [-0.15, -0.1) is 0 Å². The number of hydrogen-bond acceptors (Lipinski definition) is 3. The van der Waals surface area contributed by atoms with Crippen LogP contribution in [0, 0.1) is 0 Å². The summed E-state index contributed by atoms with van der Waals surface area (Å²) in [7, 11) is 0. The van der Waals surface area contributed by atoms with E-state index >= 15 is 0 Å². The molecule has 0 heterocycles. The first-order valence-corrected chi connectivity index (χ1v) is 5.42. The lowest BCUT2D eigenvalue weighted by atomic mass is 10.1. The van der Waals surface area contributed by atoms with Gasteiger partial charge in [0.25, 0.3) is 0 Å². The molecule has 0 radical (unpaired) electrons. The highest BCUT2D eigenvalue weighted by Crippen LogP contribution is 2.15. The third-order valence-corrected chi connectivity index (χ3v) is 2.39. The molecular weight excluding hydrogens is 204 g/mol. The molecule has 0 aliphatic heterocycles. The van der Waals surface area contributed by atoms with Crippen LogP contribution in [0.4, 0.5) is 5.69 Å². The molecule has 4 heteroatoms. The predicted octanol–water partition coefficient (Wildman–Crippen LogP) is 1.46. The van der Waals surface area contributed by atoms with Gasteiger partial charge in [0.15, 0.2) is 0 Å². The molecule has 1 rings (SSSR count). The lowest BCUT2D eigenvalue weighted by molar-refractivity contribution is -0.137. The van der Waals surface area contributed by atoms with Crippen molar-refractivity contribution in [2.75, 3.05) is 11.9 Å². The summed E-state index contributed by atoms with van der Waals surface area (Å²) in [6.45, 7) is 2.56. The van der Waals surface area contributed by atoms with Gasteiger partial charge in [0, 0.05) is 18.3 Å². The van der Waals surface area contributed by atoms with E-state index in [-0.39, 0.29) is 12.5 Å². The van der Waals surface area contributed by atoms with Gasteiger partial charge in [-0.2, -0.15) is 0 Å². The molecule has 0 aromatic heterocycles. The van der Waals surface area contributed by atoms with E-state index in [9.17, 15) is 4.79 Å². The minimum Gasteiger partial charge on any atom is -0.481 e. The summed E-state index contributed by atoms with van der Waals surface area (Å²) in [6, 6.07) is 7.60. The van der Waals surface area contributed by atoms with E-state index in [0.717, 1.165) is 12.1 Å². The van der Waals surface area contributed by atoms with Crippen molar-refractivity contribution in [3.8, 4) is 0 Å². The number of anilines is 1. The Balaban J connectivity index is 2.50. The van der Waals surface area contributed by atoms with Gasteiger partial charge in [-0.3, -0.25) is 4.79 Å². The second kappa shape index (κ2) is 6.12. The smallest absolute Gasteiger partial charge is 0.304 e. The molecule has 0 saturated heterocycles. The molecule has 0 spiro atoms. The number of nitrogens with one attached hydrogen (secondary N) is 1. The number of nitrogens with two attached hydrogens (primary N) is 1. The van der Waals surface area contributed by atoms with Crippen LogP contribution >= 0.6 is 0 Å². The van der Waals surface area contributed by atoms with E-state index in [1.807, 2.05) is 24.3 Å². The van der Waals surface area contributed by atoms with Crippen molar-refractivity contribution in [3.63, 3.8) is 0 Å². The van der Waals surface area contributed by atoms with Crippen molar-refractivity contribution >= 4 is 11.7 Å². The molecule has 1 aromatic rings. The summed E-state index contributed by atoms with van der Waals surface area (Å²) in [4.78, 5) is 10.4. The van der Waals surface area contributed by atoms with Gasteiger partial charge in [-0.25, -0.2) is 0 Å². The van der Waals surface area contributed by atoms with Crippen LogP contribution in [0.3, 0.4) is 0 Å². The van der Waals surface area contributed by atoms with Crippen LogP contribution in [0.25, 0.3) is 0 Å². The topological polar surface area (TPSA) is 75.3 Å². The molecule has 0 amide bonds. The normalized spacial score (nSPS) is 12.1. The molecule has 4 nitrogen and oxygen atoms in total. The van der Waals surface area contributed by atoms with Crippen LogP contribution in [-0.4, -0.2) is 23.7 Å². The fourth-order valence-electron chi connectivity index (χ4n) is 1.54. The number of hydrogen-bond donors (Lipinski definition) is 3. The Kier molecular flexibility index (Phi) is 4.79. The molecule has 1 unspecified atom stereocenters. The molecule has 4 N–H and O–H groups in total. The molecular formula is C12H18N2O2. The molecule has 1 aromatic carbocycles. The molecule has 0 fully saturated rings. The quantitative estimate of drug-likeness (QED) is 0.681. The fourth-order valence-corrected chi connectivity index (χ4v) is 1.54. The molecule has 88 valence electrons. The van der Waals surface area contributed by atoms with Crippen molar-refractivity contribution in [3.05, 3.63) is 29.8 Å². The summed E-state index contributed by atoms with van der Waals surface area (Å²) >= 11 is 0. The highest BCUT2D eigenvalue weighted by molar-refractivity contribution is 5.67. The second-order valence-corrected chi connectivity index (χ2v) is 3.75. The third kappa shape index (κ3) is 3.90. The van der Waals surface area contributed by atoms with Gasteiger partial charge in [0.2, 0.25) is 0 Å². The van der Waals surface area contributed by atoms with Crippen LogP contribution in [-0.2, 0) is 11.2 Å².